The third kappa shape index (κ3) is 3.83. The fourth-order valence-electron chi connectivity index (χ4n) is 1.83. The summed E-state index contributed by atoms with van der Waals surface area (Å²) in [7, 11) is 0. The second-order valence-corrected chi connectivity index (χ2v) is 5.23. The van der Waals surface area contributed by atoms with Crippen LogP contribution in [0.3, 0.4) is 0 Å². The van der Waals surface area contributed by atoms with Gasteiger partial charge < -0.3 is 5.32 Å². The molecule has 0 saturated heterocycles. The maximum absolute atomic E-state index is 3.98. The molecule has 14 heavy (non-hydrogen) atoms. The maximum atomic E-state index is 3.98. The minimum atomic E-state index is 0.290. The normalized spacial score (nSPS) is 22.8. The standard InChI is InChI=1S/C13H25N/c1-5-11(3)9-13(4,6-2)10-14-12-7-8-12/h6,11-12,14H,2,5,7-10H2,1,3-4H3. The molecule has 0 aromatic heterocycles. The SMILES string of the molecule is C=CC(C)(CNC1CC1)CC(C)CC. The van der Waals surface area contributed by atoms with Crippen molar-refractivity contribution >= 4 is 0 Å². The molecule has 2 atom stereocenters. The summed E-state index contributed by atoms with van der Waals surface area (Å²) in [5, 5.41) is 3.61. The summed E-state index contributed by atoms with van der Waals surface area (Å²) in [6.07, 6.45) is 7.40. The van der Waals surface area contributed by atoms with Gasteiger partial charge in [0.15, 0.2) is 0 Å². The molecule has 0 bridgehead atoms. The molecule has 0 aromatic rings. The molecule has 1 saturated carbocycles. The van der Waals surface area contributed by atoms with Gasteiger partial charge in [-0.2, -0.15) is 0 Å². The highest BCUT2D eigenvalue weighted by atomic mass is 15.0. The van der Waals surface area contributed by atoms with Gasteiger partial charge >= 0.3 is 0 Å². The predicted molar refractivity (Wildman–Crippen MR) is 63.4 cm³/mol. The van der Waals surface area contributed by atoms with Crippen molar-refractivity contribution in [2.24, 2.45) is 11.3 Å². The Balaban J connectivity index is 2.33. The van der Waals surface area contributed by atoms with Gasteiger partial charge in [-0.25, -0.2) is 0 Å². The molecule has 0 aliphatic heterocycles. The number of hydrogen-bond donors (Lipinski definition) is 1. The molecular formula is C13H25N. The van der Waals surface area contributed by atoms with Crippen molar-refractivity contribution in [3.8, 4) is 0 Å². The Hall–Kier alpha value is -0.300. The molecule has 1 fully saturated rings. The molecule has 0 spiro atoms. The molecule has 1 aliphatic rings. The third-order valence-corrected chi connectivity index (χ3v) is 3.38. The van der Waals surface area contributed by atoms with Crippen LogP contribution in [0.4, 0.5) is 0 Å². The first-order chi connectivity index (χ1) is 6.59. The molecule has 1 nitrogen and oxygen atoms in total. The minimum Gasteiger partial charge on any atom is -0.313 e. The van der Waals surface area contributed by atoms with Crippen LogP contribution >= 0.6 is 0 Å². The van der Waals surface area contributed by atoms with Gasteiger partial charge in [0.25, 0.3) is 0 Å². The van der Waals surface area contributed by atoms with Gasteiger partial charge in [0.1, 0.15) is 0 Å². The molecule has 0 aromatic carbocycles. The van der Waals surface area contributed by atoms with Gasteiger partial charge in [-0.1, -0.05) is 33.3 Å². The largest absolute Gasteiger partial charge is 0.313 e. The van der Waals surface area contributed by atoms with Crippen LogP contribution in [0.15, 0.2) is 12.7 Å². The van der Waals surface area contributed by atoms with Crippen molar-refractivity contribution < 1.29 is 0 Å². The third-order valence-electron chi connectivity index (χ3n) is 3.38. The van der Waals surface area contributed by atoms with E-state index in [1.165, 1.54) is 25.7 Å². The molecule has 0 radical (unpaired) electrons. The summed E-state index contributed by atoms with van der Waals surface area (Å²) in [4.78, 5) is 0. The van der Waals surface area contributed by atoms with Gasteiger partial charge in [-0.05, 0) is 30.6 Å². The lowest BCUT2D eigenvalue weighted by Gasteiger charge is -2.29. The first kappa shape index (κ1) is 11.8. The Labute approximate surface area is 89.0 Å². The lowest BCUT2D eigenvalue weighted by Crippen LogP contribution is -2.32. The molecular weight excluding hydrogens is 170 g/mol. The highest BCUT2D eigenvalue weighted by Crippen LogP contribution is 2.29. The zero-order valence-corrected chi connectivity index (χ0v) is 9.97. The zero-order valence-electron chi connectivity index (χ0n) is 9.97. The van der Waals surface area contributed by atoms with E-state index >= 15 is 0 Å². The molecule has 82 valence electrons. The summed E-state index contributed by atoms with van der Waals surface area (Å²) < 4.78 is 0. The van der Waals surface area contributed by atoms with Gasteiger partial charge in [-0.15, -0.1) is 6.58 Å². The van der Waals surface area contributed by atoms with Crippen molar-refractivity contribution in [2.45, 2.75) is 52.5 Å². The van der Waals surface area contributed by atoms with E-state index in [0.29, 0.717) is 0 Å². The van der Waals surface area contributed by atoms with Crippen LogP contribution in [0, 0.1) is 11.3 Å². The Bertz CT molecular complexity index is 184. The van der Waals surface area contributed by atoms with E-state index in [4.69, 9.17) is 0 Å². The van der Waals surface area contributed by atoms with Crippen molar-refractivity contribution in [2.75, 3.05) is 6.54 Å². The maximum Gasteiger partial charge on any atom is 0.00685 e. The Kier molecular flexibility index (Phi) is 4.18. The van der Waals surface area contributed by atoms with Crippen LogP contribution in [0.2, 0.25) is 0 Å². The van der Waals surface area contributed by atoms with Crippen LogP contribution in [-0.4, -0.2) is 12.6 Å². The molecule has 1 aliphatic carbocycles. The smallest absolute Gasteiger partial charge is 0.00685 e. The second-order valence-electron chi connectivity index (χ2n) is 5.23. The summed E-state index contributed by atoms with van der Waals surface area (Å²) in [5.74, 6) is 0.805. The van der Waals surface area contributed by atoms with E-state index in [1.54, 1.807) is 0 Å². The summed E-state index contributed by atoms with van der Waals surface area (Å²) >= 11 is 0. The molecule has 0 heterocycles. The van der Waals surface area contributed by atoms with Gasteiger partial charge in [0, 0.05) is 12.6 Å². The lowest BCUT2D eigenvalue weighted by atomic mass is 9.80. The Morgan fingerprint density at radius 2 is 2.21 bits per heavy atom. The number of hydrogen-bond acceptors (Lipinski definition) is 1. The fraction of sp³-hybridized carbons (Fsp3) is 0.846. The average molecular weight is 195 g/mol. The van der Waals surface area contributed by atoms with Crippen molar-refractivity contribution in [3.05, 3.63) is 12.7 Å². The topological polar surface area (TPSA) is 12.0 Å². The van der Waals surface area contributed by atoms with E-state index in [2.05, 4.69) is 38.7 Å². The Morgan fingerprint density at radius 1 is 1.57 bits per heavy atom. The van der Waals surface area contributed by atoms with E-state index in [9.17, 15) is 0 Å². The zero-order chi connectivity index (χ0) is 10.6. The van der Waals surface area contributed by atoms with Crippen LogP contribution in [-0.2, 0) is 0 Å². The number of nitrogens with one attached hydrogen (secondary N) is 1. The first-order valence-electron chi connectivity index (χ1n) is 5.96. The van der Waals surface area contributed by atoms with Crippen LogP contribution < -0.4 is 5.32 Å². The van der Waals surface area contributed by atoms with E-state index in [0.717, 1.165) is 18.5 Å². The highest BCUT2D eigenvalue weighted by Gasteiger charge is 2.27. The summed E-state index contributed by atoms with van der Waals surface area (Å²) in [6, 6.07) is 0.811. The van der Waals surface area contributed by atoms with Crippen LogP contribution in [0.5, 0.6) is 0 Å². The Morgan fingerprint density at radius 3 is 2.64 bits per heavy atom. The van der Waals surface area contributed by atoms with Gasteiger partial charge in [0.05, 0.1) is 0 Å². The van der Waals surface area contributed by atoms with E-state index < -0.39 is 0 Å². The quantitative estimate of drug-likeness (QED) is 0.614. The first-order valence-corrected chi connectivity index (χ1v) is 5.96. The average Bonchev–Trinajstić information content (AvgIpc) is 2.98. The van der Waals surface area contributed by atoms with Gasteiger partial charge in [0.2, 0.25) is 0 Å². The van der Waals surface area contributed by atoms with Crippen molar-refractivity contribution in [1.29, 1.82) is 0 Å². The van der Waals surface area contributed by atoms with E-state index in [-0.39, 0.29) is 5.41 Å². The van der Waals surface area contributed by atoms with Gasteiger partial charge in [-0.3, -0.25) is 0 Å². The van der Waals surface area contributed by atoms with Crippen molar-refractivity contribution in [3.63, 3.8) is 0 Å². The van der Waals surface area contributed by atoms with E-state index in [1.807, 2.05) is 0 Å². The second kappa shape index (κ2) is 4.97. The lowest BCUT2D eigenvalue weighted by molar-refractivity contribution is 0.299. The molecule has 0 amide bonds. The fourth-order valence-corrected chi connectivity index (χ4v) is 1.83. The molecule has 1 N–H and O–H groups in total. The molecule has 1 heteroatoms. The van der Waals surface area contributed by atoms with Crippen molar-refractivity contribution in [1.82, 2.24) is 5.32 Å². The number of rotatable bonds is 7. The summed E-state index contributed by atoms with van der Waals surface area (Å²) in [5.41, 5.74) is 0.290. The van der Waals surface area contributed by atoms with Crippen LogP contribution in [0.25, 0.3) is 0 Å². The highest BCUT2D eigenvalue weighted by molar-refractivity contribution is 4.96. The monoisotopic (exact) mass is 195 g/mol. The van der Waals surface area contributed by atoms with Crippen LogP contribution in [0.1, 0.15) is 46.5 Å². The minimum absolute atomic E-state index is 0.290. The predicted octanol–water partition coefficient (Wildman–Crippen LogP) is 3.37. The molecule has 2 unspecified atom stereocenters. The molecule has 1 rings (SSSR count). The summed E-state index contributed by atoms with van der Waals surface area (Å²) in [6.45, 7) is 12.0.